The Hall–Kier alpha value is -2.52. The van der Waals surface area contributed by atoms with Crippen molar-refractivity contribution in [3.8, 4) is 11.5 Å². The molecule has 0 saturated heterocycles. The first kappa shape index (κ1) is 24.8. The molecule has 0 atom stereocenters. The minimum Gasteiger partial charge on any atom is -0.497 e. The van der Waals surface area contributed by atoms with Gasteiger partial charge < -0.3 is 14.8 Å². The third-order valence-electron chi connectivity index (χ3n) is 4.90. The minimum atomic E-state index is -3.73. The van der Waals surface area contributed by atoms with Crippen molar-refractivity contribution >= 4 is 28.9 Å². The van der Waals surface area contributed by atoms with Crippen LogP contribution in [0.15, 0.2) is 41.3 Å². The molecule has 0 fully saturated rings. The van der Waals surface area contributed by atoms with Crippen molar-refractivity contribution in [2.75, 3.05) is 32.6 Å². The van der Waals surface area contributed by atoms with E-state index in [1.165, 1.54) is 11.4 Å². The molecule has 0 aromatic heterocycles. The topological polar surface area (TPSA) is 84.9 Å². The van der Waals surface area contributed by atoms with Crippen LogP contribution in [0.2, 0.25) is 13.1 Å². The molecule has 0 aliphatic heterocycles. The van der Waals surface area contributed by atoms with E-state index in [0.717, 1.165) is 19.3 Å². The predicted molar refractivity (Wildman–Crippen MR) is 125 cm³/mol. The number of carbonyl (C=O) groups is 1. The smallest absolute Gasteiger partial charge is 0.243 e. The summed E-state index contributed by atoms with van der Waals surface area (Å²) in [5.74, 6) is 1.10. The van der Waals surface area contributed by atoms with Gasteiger partial charge in [-0.3, -0.25) is 4.79 Å². The van der Waals surface area contributed by atoms with E-state index in [1.54, 1.807) is 57.4 Å². The Kier molecular flexibility index (Phi) is 8.94. The molecule has 31 heavy (non-hydrogen) atoms. The van der Waals surface area contributed by atoms with Gasteiger partial charge in [0.25, 0.3) is 0 Å². The van der Waals surface area contributed by atoms with Crippen LogP contribution in [0.25, 0.3) is 0 Å². The lowest BCUT2D eigenvalue weighted by molar-refractivity contribution is -0.116. The summed E-state index contributed by atoms with van der Waals surface area (Å²) in [6.45, 7) is 6.30. The standard InChI is InChI=1S/C22H31BN2O5S/c1-16-14-20(29-5)15-17(2)22(16)31(27,28)25(4)12-10-21(26)24-18-6-8-19(9-7-18)30-13-11-23-3/h6-9,14-15,23H,10-13H2,1-5H3,(H,24,26). The Morgan fingerprint density at radius 3 is 2.26 bits per heavy atom. The number of amides is 1. The molecule has 0 unspecified atom stereocenters. The number of rotatable bonds is 11. The number of anilines is 1. The summed E-state index contributed by atoms with van der Waals surface area (Å²) in [5, 5.41) is 2.79. The highest BCUT2D eigenvalue weighted by Crippen LogP contribution is 2.27. The van der Waals surface area contributed by atoms with Crippen LogP contribution in [-0.4, -0.2) is 53.2 Å². The summed E-state index contributed by atoms with van der Waals surface area (Å²) in [4.78, 5) is 12.6. The zero-order chi connectivity index (χ0) is 23.0. The molecule has 168 valence electrons. The number of benzene rings is 2. The van der Waals surface area contributed by atoms with E-state index in [1.807, 2.05) is 0 Å². The number of nitrogens with one attached hydrogen (secondary N) is 1. The van der Waals surface area contributed by atoms with Gasteiger partial charge in [-0.15, -0.1) is 0 Å². The van der Waals surface area contributed by atoms with Gasteiger partial charge in [0.15, 0.2) is 0 Å². The van der Waals surface area contributed by atoms with E-state index in [2.05, 4.69) is 12.1 Å². The lowest BCUT2D eigenvalue weighted by atomic mass is 9.79. The molecule has 2 aromatic carbocycles. The predicted octanol–water partition coefficient (Wildman–Crippen LogP) is 3.24. The second kappa shape index (κ2) is 11.2. The van der Waals surface area contributed by atoms with Crippen molar-refractivity contribution in [3.63, 3.8) is 0 Å². The van der Waals surface area contributed by atoms with Crippen molar-refractivity contribution in [2.45, 2.75) is 38.3 Å². The largest absolute Gasteiger partial charge is 0.497 e. The van der Waals surface area contributed by atoms with Crippen LogP contribution in [0.1, 0.15) is 17.5 Å². The SMILES string of the molecule is CBCCOc1ccc(NC(=O)CCN(C)S(=O)(=O)c2c(C)cc(OC)cc2C)cc1. The number of ether oxygens (including phenoxy) is 2. The van der Waals surface area contributed by atoms with Crippen molar-refractivity contribution in [1.29, 1.82) is 0 Å². The number of methoxy groups -OCH3 is 1. The fourth-order valence-corrected chi connectivity index (χ4v) is 4.74. The Labute approximate surface area is 186 Å². The average molecular weight is 446 g/mol. The number of aryl methyl sites for hydroxylation is 2. The highest BCUT2D eigenvalue weighted by atomic mass is 32.2. The maximum Gasteiger partial charge on any atom is 0.243 e. The van der Waals surface area contributed by atoms with Gasteiger partial charge >= 0.3 is 0 Å². The Morgan fingerprint density at radius 2 is 1.71 bits per heavy atom. The summed E-state index contributed by atoms with van der Waals surface area (Å²) < 4.78 is 38.1. The van der Waals surface area contributed by atoms with Gasteiger partial charge in [-0.1, -0.05) is 6.82 Å². The second-order valence-corrected chi connectivity index (χ2v) is 9.42. The van der Waals surface area contributed by atoms with Crippen molar-refractivity contribution < 1.29 is 22.7 Å². The van der Waals surface area contributed by atoms with Gasteiger partial charge in [0.1, 0.15) is 18.8 Å². The molecule has 0 aliphatic rings. The van der Waals surface area contributed by atoms with Crippen molar-refractivity contribution in [3.05, 3.63) is 47.5 Å². The van der Waals surface area contributed by atoms with E-state index in [9.17, 15) is 13.2 Å². The molecule has 1 amide bonds. The van der Waals surface area contributed by atoms with Crippen LogP contribution in [0.3, 0.4) is 0 Å². The molecule has 9 heteroatoms. The van der Waals surface area contributed by atoms with Gasteiger partial charge in [0.05, 0.1) is 18.6 Å². The van der Waals surface area contributed by atoms with Crippen molar-refractivity contribution in [1.82, 2.24) is 4.31 Å². The summed E-state index contributed by atoms with van der Waals surface area (Å²) in [6, 6.07) is 10.5. The third-order valence-corrected chi connectivity index (χ3v) is 7.06. The van der Waals surface area contributed by atoms with E-state index in [0.29, 0.717) is 29.2 Å². The van der Waals surface area contributed by atoms with Gasteiger partial charge in [0, 0.05) is 25.7 Å². The molecule has 7 nitrogen and oxygen atoms in total. The van der Waals surface area contributed by atoms with E-state index in [4.69, 9.17) is 9.47 Å². The number of sulfonamides is 1. The number of carbonyl (C=O) groups excluding carboxylic acids is 1. The van der Waals surface area contributed by atoms with Crippen LogP contribution in [0.5, 0.6) is 11.5 Å². The molecular formula is C22H31BN2O5S. The van der Waals surface area contributed by atoms with Gasteiger partial charge in [-0.25, -0.2) is 12.7 Å². The Bertz CT molecular complexity index is 970. The Balaban J connectivity index is 1.96. The first-order valence-corrected chi connectivity index (χ1v) is 11.8. The molecule has 0 heterocycles. The normalized spacial score (nSPS) is 11.3. The fraction of sp³-hybridized carbons (Fsp3) is 0.409. The van der Waals surface area contributed by atoms with Crippen LogP contribution >= 0.6 is 0 Å². The number of hydrogen-bond donors (Lipinski definition) is 1. The minimum absolute atomic E-state index is 0.0404. The molecule has 2 aromatic rings. The van der Waals surface area contributed by atoms with E-state index in [-0.39, 0.29) is 23.8 Å². The van der Waals surface area contributed by atoms with E-state index >= 15 is 0 Å². The quantitative estimate of drug-likeness (QED) is 0.423. The molecule has 0 radical (unpaired) electrons. The zero-order valence-electron chi connectivity index (χ0n) is 18.9. The molecule has 0 bridgehead atoms. The third kappa shape index (κ3) is 6.73. The second-order valence-electron chi connectivity index (χ2n) is 7.44. The summed E-state index contributed by atoms with van der Waals surface area (Å²) >= 11 is 0. The van der Waals surface area contributed by atoms with Crippen LogP contribution < -0.4 is 14.8 Å². The average Bonchev–Trinajstić information content (AvgIpc) is 2.72. The van der Waals surface area contributed by atoms with Gasteiger partial charge in [-0.05, 0) is 67.7 Å². The monoisotopic (exact) mass is 446 g/mol. The van der Waals surface area contributed by atoms with Gasteiger partial charge in [0.2, 0.25) is 15.9 Å². The van der Waals surface area contributed by atoms with Crippen LogP contribution in [-0.2, 0) is 14.8 Å². The molecule has 0 aliphatic carbocycles. The van der Waals surface area contributed by atoms with Crippen molar-refractivity contribution in [2.24, 2.45) is 0 Å². The molecule has 0 saturated carbocycles. The molecular weight excluding hydrogens is 415 g/mol. The maximum absolute atomic E-state index is 13.0. The van der Waals surface area contributed by atoms with Crippen LogP contribution in [0, 0.1) is 13.8 Å². The first-order valence-electron chi connectivity index (χ1n) is 10.3. The number of nitrogens with zero attached hydrogens (tertiary/aromatic N) is 1. The summed E-state index contributed by atoms with van der Waals surface area (Å²) in [5.41, 5.74) is 1.85. The summed E-state index contributed by atoms with van der Waals surface area (Å²) in [6.07, 6.45) is 1.03. The molecule has 2 rings (SSSR count). The zero-order valence-corrected chi connectivity index (χ0v) is 19.7. The van der Waals surface area contributed by atoms with E-state index < -0.39 is 10.0 Å². The lowest BCUT2D eigenvalue weighted by Crippen LogP contribution is -2.31. The highest BCUT2D eigenvalue weighted by Gasteiger charge is 2.25. The first-order chi connectivity index (χ1) is 14.7. The summed E-state index contributed by atoms with van der Waals surface area (Å²) in [7, 11) is 0.358. The maximum atomic E-state index is 13.0. The lowest BCUT2D eigenvalue weighted by Gasteiger charge is -2.20. The Morgan fingerprint density at radius 1 is 1.10 bits per heavy atom. The van der Waals surface area contributed by atoms with Crippen LogP contribution in [0.4, 0.5) is 5.69 Å². The van der Waals surface area contributed by atoms with Gasteiger partial charge in [-0.2, -0.15) is 0 Å². The number of hydrogen-bond acceptors (Lipinski definition) is 5. The fourth-order valence-electron chi connectivity index (χ4n) is 3.16. The highest BCUT2D eigenvalue weighted by molar-refractivity contribution is 7.89. The molecule has 1 N–H and O–H groups in total. The molecule has 0 spiro atoms.